The molecule has 0 atom stereocenters. The molecule has 1 amide bonds. The summed E-state index contributed by atoms with van der Waals surface area (Å²) >= 11 is 0. The number of hydrogen-bond acceptors (Lipinski definition) is 3. The van der Waals surface area contributed by atoms with E-state index in [0.717, 1.165) is 22.4 Å². The highest BCUT2D eigenvalue weighted by atomic mass is 19.1. The summed E-state index contributed by atoms with van der Waals surface area (Å²) in [4.78, 5) is 18.8. The molecule has 140 valence electrons. The van der Waals surface area contributed by atoms with Crippen LogP contribution in [0.5, 0.6) is 0 Å². The van der Waals surface area contributed by atoms with Gasteiger partial charge in [-0.15, -0.1) is 0 Å². The van der Waals surface area contributed by atoms with Gasteiger partial charge in [0.15, 0.2) is 11.7 Å². The smallest absolute Gasteiger partial charge is 0.227 e. The van der Waals surface area contributed by atoms with Crippen LogP contribution in [-0.4, -0.2) is 17.4 Å². The standard InChI is InChI=1S/C22H23FN2O2/c1-4-25(19-13-15(2)5-6-16(19)3)22(26)12-11-21-24-14-20(27-21)17-7-9-18(23)10-8-17/h5-10,13-14H,4,11-12H2,1-3H3. The van der Waals surface area contributed by atoms with E-state index in [1.54, 1.807) is 23.2 Å². The molecule has 5 heteroatoms. The van der Waals surface area contributed by atoms with E-state index in [9.17, 15) is 9.18 Å². The van der Waals surface area contributed by atoms with E-state index in [2.05, 4.69) is 4.98 Å². The monoisotopic (exact) mass is 366 g/mol. The summed E-state index contributed by atoms with van der Waals surface area (Å²) in [7, 11) is 0. The molecule has 1 aromatic heterocycles. The minimum atomic E-state index is -0.296. The van der Waals surface area contributed by atoms with Crippen molar-refractivity contribution < 1.29 is 13.6 Å². The molecule has 1 heterocycles. The van der Waals surface area contributed by atoms with Gasteiger partial charge in [0, 0.05) is 30.6 Å². The van der Waals surface area contributed by atoms with Crippen LogP contribution in [0.25, 0.3) is 11.3 Å². The highest BCUT2D eigenvalue weighted by Crippen LogP contribution is 2.24. The summed E-state index contributed by atoms with van der Waals surface area (Å²) in [6, 6.07) is 12.2. The Morgan fingerprint density at radius 3 is 2.59 bits per heavy atom. The number of halogens is 1. The fraction of sp³-hybridized carbons (Fsp3) is 0.273. The molecule has 0 unspecified atom stereocenters. The zero-order valence-electron chi connectivity index (χ0n) is 15.8. The zero-order valence-corrected chi connectivity index (χ0v) is 15.8. The second-order valence-corrected chi connectivity index (χ2v) is 6.55. The van der Waals surface area contributed by atoms with Gasteiger partial charge in [0.2, 0.25) is 5.91 Å². The van der Waals surface area contributed by atoms with Crippen LogP contribution in [0.4, 0.5) is 10.1 Å². The first-order chi connectivity index (χ1) is 13.0. The van der Waals surface area contributed by atoms with Crippen LogP contribution in [0.1, 0.15) is 30.4 Å². The fourth-order valence-electron chi connectivity index (χ4n) is 3.01. The third kappa shape index (κ3) is 4.42. The lowest BCUT2D eigenvalue weighted by Gasteiger charge is -2.23. The van der Waals surface area contributed by atoms with Crippen molar-refractivity contribution in [3.8, 4) is 11.3 Å². The molecule has 3 rings (SSSR count). The Bertz CT molecular complexity index is 932. The van der Waals surface area contributed by atoms with Crippen LogP contribution in [0.2, 0.25) is 0 Å². The highest BCUT2D eigenvalue weighted by molar-refractivity contribution is 5.94. The van der Waals surface area contributed by atoms with Crippen molar-refractivity contribution in [1.29, 1.82) is 0 Å². The maximum atomic E-state index is 13.0. The van der Waals surface area contributed by atoms with Crippen molar-refractivity contribution >= 4 is 11.6 Å². The lowest BCUT2D eigenvalue weighted by molar-refractivity contribution is -0.118. The molecule has 0 N–H and O–H groups in total. The predicted molar refractivity (Wildman–Crippen MR) is 104 cm³/mol. The number of benzene rings is 2. The first-order valence-corrected chi connectivity index (χ1v) is 9.06. The van der Waals surface area contributed by atoms with Gasteiger partial charge in [-0.25, -0.2) is 9.37 Å². The van der Waals surface area contributed by atoms with E-state index in [1.165, 1.54) is 12.1 Å². The first kappa shape index (κ1) is 18.8. The maximum absolute atomic E-state index is 13.0. The Hall–Kier alpha value is -2.95. The molecule has 2 aromatic carbocycles. The van der Waals surface area contributed by atoms with E-state index in [0.29, 0.717) is 31.0 Å². The lowest BCUT2D eigenvalue weighted by Crippen LogP contribution is -2.31. The van der Waals surface area contributed by atoms with E-state index < -0.39 is 0 Å². The Morgan fingerprint density at radius 2 is 1.89 bits per heavy atom. The third-order valence-electron chi connectivity index (χ3n) is 4.51. The van der Waals surface area contributed by atoms with Crippen molar-refractivity contribution in [1.82, 2.24) is 4.98 Å². The number of rotatable bonds is 6. The lowest BCUT2D eigenvalue weighted by atomic mass is 10.1. The van der Waals surface area contributed by atoms with Gasteiger partial charge >= 0.3 is 0 Å². The quantitative estimate of drug-likeness (QED) is 0.611. The second-order valence-electron chi connectivity index (χ2n) is 6.55. The molecule has 4 nitrogen and oxygen atoms in total. The van der Waals surface area contributed by atoms with Crippen LogP contribution < -0.4 is 4.90 Å². The van der Waals surface area contributed by atoms with Crippen molar-refractivity contribution in [3.05, 3.63) is 71.5 Å². The Labute approximate surface area is 158 Å². The van der Waals surface area contributed by atoms with E-state index in [4.69, 9.17) is 4.42 Å². The van der Waals surface area contributed by atoms with Crippen LogP contribution in [0.3, 0.4) is 0 Å². The number of amides is 1. The molecule has 0 spiro atoms. The number of nitrogens with zero attached hydrogens (tertiary/aromatic N) is 2. The second kappa shape index (κ2) is 8.16. The molecule has 0 radical (unpaired) electrons. The molecule has 0 saturated heterocycles. The number of aromatic nitrogens is 1. The average Bonchev–Trinajstić information content (AvgIpc) is 3.13. The van der Waals surface area contributed by atoms with Gasteiger partial charge in [-0.3, -0.25) is 4.79 Å². The minimum Gasteiger partial charge on any atom is -0.441 e. The summed E-state index contributed by atoms with van der Waals surface area (Å²) in [6.07, 6.45) is 2.33. The van der Waals surface area contributed by atoms with Gasteiger partial charge < -0.3 is 9.32 Å². The summed E-state index contributed by atoms with van der Waals surface area (Å²) in [6.45, 7) is 6.60. The van der Waals surface area contributed by atoms with Gasteiger partial charge in [0.1, 0.15) is 5.82 Å². The fourth-order valence-corrected chi connectivity index (χ4v) is 3.01. The van der Waals surface area contributed by atoms with E-state index in [-0.39, 0.29) is 11.7 Å². The number of hydrogen-bond donors (Lipinski definition) is 0. The summed E-state index contributed by atoms with van der Waals surface area (Å²) < 4.78 is 18.7. The van der Waals surface area contributed by atoms with Crippen molar-refractivity contribution in [2.24, 2.45) is 0 Å². The molecule has 0 aliphatic heterocycles. The van der Waals surface area contributed by atoms with Crippen molar-refractivity contribution in [3.63, 3.8) is 0 Å². The number of aryl methyl sites for hydroxylation is 3. The molecule has 0 aliphatic rings. The van der Waals surface area contributed by atoms with Crippen molar-refractivity contribution in [2.45, 2.75) is 33.6 Å². The zero-order chi connectivity index (χ0) is 19.4. The SMILES string of the molecule is CCN(C(=O)CCc1ncc(-c2ccc(F)cc2)o1)c1cc(C)ccc1C. The van der Waals surface area contributed by atoms with Crippen LogP contribution in [0, 0.1) is 19.7 Å². The van der Waals surface area contributed by atoms with Gasteiger partial charge in [-0.2, -0.15) is 0 Å². The molecule has 0 fully saturated rings. The molecule has 0 saturated carbocycles. The van der Waals surface area contributed by atoms with Crippen LogP contribution in [0.15, 0.2) is 53.1 Å². The molecular weight excluding hydrogens is 343 g/mol. The summed E-state index contributed by atoms with van der Waals surface area (Å²) in [5.41, 5.74) is 3.90. The molecular formula is C22H23FN2O2. The van der Waals surface area contributed by atoms with Gasteiger partial charge in [-0.1, -0.05) is 12.1 Å². The van der Waals surface area contributed by atoms with Crippen LogP contribution in [-0.2, 0) is 11.2 Å². The Morgan fingerprint density at radius 1 is 1.15 bits per heavy atom. The van der Waals surface area contributed by atoms with Gasteiger partial charge in [0.25, 0.3) is 0 Å². The van der Waals surface area contributed by atoms with Crippen molar-refractivity contribution in [2.75, 3.05) is 11.4 Å². The number of anilines is 1. The highest BCUT2D eigenvalue weighted by Gasteiger charge is 2.17. The first-order valence-electron chi connectivity index (χ1n) is 9.06. The van der Waals surface area contributed by atoms with Gasteiger partial charge in [-0.05, 0) is 62.2 Å². The number of oxazole rings is 1. The van der Waals surface area contributed by atoms with Gasteiger partial charge in [0.05, 0.1) is 6.20 Å². The molecule has 0 bridgehead atoms. The topological polar surface area (TPSA) is 46.3 Å². The average molecular weight is 366 g/mol. The predicted octanol–water partition coefficient (Wildman–Crippen LogP) is 5.08. The number of carbonyl (C=O) groups excluding carboxylic acids is 1. The minimum absolute atomic E-state index is 0.0349. The van der Waals surface area contributed by atoms with E-state index >= 15 is 0 Å². The molecule has 0 aliphatic carbocycles. The number of carbonyl (C=O) groups is 1. The molecule has 3 aromatic rings. The Balaban J connectivity index is 1.68. The summed E-state index contributed by atoms with van der Waals surface area (Å²) in [5.74, 6) is 0.807. The van der Waals surface area contributed by atoms with E-state index in [1.807, 2.05) is 39.0 Å². The summed E-state index contributed by atoms with van der Waals surface area (Å²) in [5, 5.41) is 0. The van der Waals surface area contributed by atoms with Crippen LogP contribution >= 0.6 is 0 Å². The third-order valence-corrected chi connectivity index (χ3v) is 4.51. The maximum Gasteiger partial charge on any atom is 0.227 e. The Kier molecular flexibility index (Phi) is 5.69. The normalized spacial score (nSPS) is 10.8. The molecule has 27 heavy (non-hydrogen) atoms. The largest absolute Gasteiger partial charge is 0.441 e.